The molecule has 5 heteroatoms. The minimum atomic E-state index is -0.430. The molecule has 2 rings (SSSR count). The van der Waals surface area contributed by atoms with Gasteiger partial charge in [-0.15, -0.1) is 0 Å². The van der Waals surface area contributed by atoms with Crippen molar-refractivity contribution in [3.63, 3.8) is 0 Å². The van der Waals surface area contributed by atoms with Crippen molar-refractivity contribution >= 4 is 34.8 Å². The number of carbonyl (C=O) groups excluding carboxylic acids is 1. The number of amides is 1. The lowest BCUT2D eigenvalue weighted by atomic mass is 9.91. The molecule has 0 aliphatic carbocycles. The van der Waals surface area contributed by atoms with Crippen LogP contribution in [0.15, 0.2) is 18.2 Å². The van der Waals surface area contributed by atoms with Gasteiger partial charge in [-0.25, -0.2) is 0 Å². The molecule has 0 aromatic heterocycles. The Kier molecular flexibility index (Phi) is 4.71. The second-order valence-corrected chi connectivity index (χ2v) is 5.76. The zero-order valence-corrected chi connectivity index (χ0v) is 12.4. The Morgan fingerprint density at radius 2 is 2.21 bits per heavy atom. The summed E-state index contributed by atoms with van der Waals surface area (Å²) in [4.78, 5) is 12.5. The Morgan fingerprint density at radius 3 is 2.79 bits per heavy atom. The Hall–Kier alpha value is -0.770. The maximum Gasteiger partial charge on any atom is 0.244 e. The molecule has 19 heavy (non-hydrogen) atoms. The Labute approximate surface area is 123 Å². The fraction of sp³-hybridized carbons (Fsp3) is 0.500. The topological polar surface area (TPSA) is 41.1 Å². The molecule has 1 fully saturated rings. The van der Waals surface area contributed by atoms with E-state index in [1.165, 1.54) is 0 Å². The molecule has 104 valence electrons. The van der Waals surface area contributed by atoms with Gasteiger partial charge in [0.25, 0.3) is 0 Å². The maximum atomic E-state index is 12.5. The third-order valence-corrected chi connectivity index (χ3v) is 4.27. The summed E-state index contributed by atoms with van der Waals surface area (Å²) in [7, 11) is 0. The van der Waals surface area contributed by atoms with Crippen molar-refractivity contribution in [1.82, 2.24) is 5.32 Å². The molecular weight excluding hydrogens is 283 g/mol. The molecule has 1 aliphatic heterocycles. The Bertz CT molecular complexity index is 471. The first-order chi connectivity index (χ1) is 9.07. The molecule has 1 unspecified atom stereocenters. The normalized spacial score (nSPS) is 22.5. The molecule has 1 aromatic carbocycles. The largest absolute Gasteiger partial charge is 0.324 e. The van der Waals surface area contributed by atoms with Gasteiger partial charge in [-0.2, -0.15) is 0 Å². The molecule has 1 amide bonds. The second-order valence-electron chi connectivity index (χ2n) is 4.95. The molecule has 1 atom stereocenters. The third kappa shape index (κ3) is 3.22. The van der Waals surface area contributed by atoms with Gasteiger partial charge in [-0.3, -0.25) is 4.79 Å². The molecule has 0 bridgehead atoms. The van der Waals surface area contributed by atoms with Crippen molar-refractivity contribution in [3.05, 3.63) is 28.2 Å². The predicted octanol–water partition coefficient (Wildman–Crippen LogP) is 3.85. The summed E-state index contributed by atoms with van der Waals surface area (Å²) in [5.74, 6) is 0.0187. The standard InChI is InChI=1S/C14H18Cl2N2O/c1-2-6-14(7-3-8-17-14)13(19)18-10-4-5-11(15)12(16)9-10/h4-5,9,17H,2-3,6-8H2,1H3,(H,18,19). The maximum absolute atomic E-state index is 12.5. The minimum Gasteiger partial charge on any atom is -0.324 e. The van der Waals surface area contributed by atoms with Gasteiger partial charge in [0.1, 0.15) is 0 Å². The monoisotopic (exact) mass is 300 g/mol. The van der Waals surface area contributed by atoms with E-state index in [9.17, 15) is 4.79 Å². The molecule has 0 radical (unpaired) electrons. The van der Waals surface area contributed by atoms with Crippen LogP contribution in [-0.2, 0) is 4.79 Å². The van der Waals surface area contributed by atoms with E-state index in [1.807, 2.05) is 0 Å². The van der Waals surface area contributed by atoms with Gasteiger partial charge in [0.2, 0.25) is 5.91 Å². The van der Waals surface area contributed by atoms with Crippen LogP contribution in [-0.4, -0.2) is 18.0 Å². The number of carbonyl (C=O) groups is 1. The van der Waals surface area contributed by atoms with E-state index in [1.54, 1.807) is 18.2 Å². The first-order valence-electron chi connectivity index (χ1n) is 6.59. The van der Waals surface area contributed by atoms with Crippen LogP contribution in [0.2, 0.25) is 10.0 Å². The van der Waals surface area contributed by atoms with E-state index in [0.29, 0.717) is 15.7 Å². The molecule has 1 saturated heterocycles. The van der Waals surface area contributed by atoms with Crippen LogP contribution >= 0.6 is 23.2 Å². The quantitative estimate of drug-likeness (QED) is 0.886. The lowest BCUT2D eigenvalue weighted by Crippen LogP contribution is -2.50. The molecule has 1 aliphatic rings. The van der Waals surface area contributed by atoms with Crippen LogP contribution in [0.3, 0.4) is 0 Å². The lowest BCUT2D eigenvalue weighted by molar-refractivity contribution is -0.122. The molecular formula is C14H18Cl2N2O. The van der Waals surface area contributed by atoms with Crippen LogP contribution in [0.4, 0.5) is 5.69 Å². The average molecular weight is 301 g/mol. The van der Waals surface area contributed by atoms with Gasteiger partial charge in [0.05, 0.1) is 15.6 Å². The summed E-state index contributed by atoms with van der Waals surface area (Å²) >= 11 is 11.8. The zero-order chi connectivity index (χ0) is 13.9. The second kappa shape index (κ2) is 6.12. The van der Waals surface area contributed by atoms with Crippen molar-refractivity contribution < 1.29 is 4.79 Å². The highest BCUT2D eigenvalue weighted by atomic mass is 35.5. The Morgan fingerprint density at radius 1 is 1.42 bits per heavy atom. The average Bonchev–Trinajstić information content (AvgIpc) is 2.84. The number of halogens is 2. The SMILES string of the molecule is CCCC1(C(=O)Nc2ccc(Cl)c(Cl)c2)CCCN1. The number of benzene rings is 1. The van der Waals surface area contributed by atoms with Crippen molar-refractivity contribution in [2.45, 2.75) is 38.1 Å². The van der Waals surface area contributed by atoms with Crippen LogP contribution in [0.25, 0.3) is 0 Å². The fourth-order valence-corrected chi connectivity index (χ4v) is 2.88. The van der Waals surface area contributed by atoms with E-state index in [0.717, 1.165) is 32.2 Å². The molecule has 1 heterocycles. The van der Waals surface area contributed by atoms with E-state index in [4.69, 9.17) is 23.2 Å². The van der Waals surface area contributed by atoms with Gasteiger partial charge in [-0.05, 0) is 44.0 Å². The summed E-state index contributed by atoms with van der Waals surface area (Å²) in [6.45, 7) is 2.99. The number of rotatable bonds is 4. The van der Waals surface area contributed by atoms with Crippen LogP contribution in [0, 0.1) is 0 Å². The fourth-order valence-electron chi connectivity index (χ4n) is 2.58. The van der Waals surface area contributed by atoms with Crippen LogP contribution in [0.1, 0.15) is 32.6 Å². The van der Waals surface area contributed by atoms with Gasteiger partial charge in [-0.1, -0.05) is 36.5 Å². The number of hydrogen-bond donors (Lipinski definition) is 2. The van der Waals surface area contributed by atoms with Gasteiger partial charge < -0.3 is 10.6 Å². The summed E-state index contributed by atoms with van der Waals surface area (Å²) in [5, 5.41) is 7.21. The van der Waals surface area contributed by atoms with Crippen molar-refractivity contribution in [2.75, 3.05) is 11.9 Å². The van der Waals surface area contributed by atoms with E-state index < -0.39 is 5.54 Å². The van der Waals surface area contributed by atoms with E-state index >= 15 is 0 Å². The lowest BCUT2D eigenvalue weighted by Gasteiger charge is -2.27. The molecule has 0 spiro atoms. The number of anilines is 1. The van der Waals surface area contributed by atoms with Gasteiger partial charge in [0, 0.05) is 5.69 Å². The molecule has 1 aromatic rings. The van der Waals surface area contributed by atoms with Crippen molar-refractivity contribution in [3.8, 4) is 0 Å². The highest BCUT2D eigenvalue weighted by Gasteiger charge is 2.39. The first kappa shape index (κ1) is 14.6. The van der Waals surface area contributed by atoms with E-state index in [-0.39, 0.29) is 5.91 Å². The van der Waals surface area contributed by atoms with Crippen molar-refractivity contribution in [2.24, 2.45) is 0 Å². The number of nitrogens with one attached hydrogen (secondary N) is 2. The summed E-state index contributed by atoms with van der Waals surface area (Å²) in [6, 6.07) is 5.13. The first-order valence-corrected chi connectivity index (χ1v) is 7.34. The van der Waals surface area contributed by atoms with E-state index in [2.05, 4.69) is 17.6 Å². The highest BCUT2D eigenvalue weighted by molar-refractivity contribution is 6.42. The minimum absolute atomic E-state index is 0.0187. The van der Waals surface area contributed by atoms with Crippen LogP contribution < -0.4 is 10.6 Å². The summed E-state index contributed by atoms with van der Waals surface area (Å²) < 4.78 is 0. The zero-order valence-electron chi connectivity index (χ0n) is 10.9. The summed E-state index contributed by atoms with van der Waals surface area (Å²) in [6.07, 6.45) is 3.74. The number of hydrogen-bond acceptors (Lipinski definition) is 2. The third-order valence-electron chi connectivity index (χ3n) is 3.53. The predicted molar refractivity (Wildman–Crippen MR) is 80.0 cm³/mol. The molecule has 3 nitrogen and oxygen atoms in total. The highest BCUT2D eigenvalue weighted by Crippen LogP contribution is 2.29. The molecule has 0 saturated carbocycles. The molecule has 2 N–H and O–H groups in total. The van der Waals surface area contributed by atoms with Gasteiger partial charge >= 0.3 is 0 Å². The summed E-state index contributed by atoms with van der Waals surface area (Å²) in [5.41, 5.74) is 0.254. The Balaban J connectivity index is 2.12. The smallest absolute Gasteiger partial charge is 0.244 e. The van der Waals surface area contributed by atoms with Crippen LogP contribution in [0.5, 0.6) is 0 Å². The van der Waals surface area contributed by atoms with Gasteiger partial charge in [0.15, 0.2) is 0 Å². The van der Waals surface area contributed by atoms with Crippen molar-refractivity contribution in [1.29, 1.82) is 0 Å².